The Labute approximate surface area is 94.8 Å². The third-order valence-electron chi connectivity index (χ3n) is 2.42. The Morgan fingerprint density at radius 3 is 3.19 bits per heavy atom. The zero-order valence-corrected chi connectivity index (χ0v) is 9.28. The number of carbonyl (C=O) groups excluding carboxylic acids is 1. The van der Waals surface area contributed by atoms with Crippen LogP contribution in [0.5, 0.6) is 0 Å². The number of thiazole rings is 1. The summed E-state index contributed by atoms with van der Waals surface area (Å²) in [6, 6.07) is 0. The van der Waals surface area contributed by atoms with Gasteiger partial charge in [-0.2, -0.15) is 0 Å². The van der Waals surface area contributed by atoms with Gasteiger partial charge >= 0.3 is 0 Å². The molecule has 0 radical (unpaired) electrons. The Balaban J connectivity index is 2.22. The molecule has 16 heavy (non-hydrogen) atoms. The number of aromatic nitrogens is 4. The zero-order valence-electron chi connectivity index (χ0n) is 8.47. The zero-order chi connectivity index (χ0) is 11.1. The summed E-state index contributed by atoms with van der Waals surface area (Å²) >= 11 is 1.54. The van der Waals surface area contributed by atoms with Crippen molar-refractivity contribution in [1.29, 1.82) is 0 Å². The molecule has 3 heterocycles. The van der Waals surface area contributed by atoms with Crippen molar-refractivity contribution in [1.82, 2.24) is 19.4 Å². The molecule has 0 amide bonds. The Hall–Kier alpha value is -1.95. The highest BCUT2D eigenvalue weighted by atomic mass is 32.1. The lowest BCUT2D eigenvalue weighted by molar-refractivity contribution is 0.111. The maximum atomic E-state index is 10.7. The minimum atomic E-state index is 0.453. The summed E-state index contributed by atoms with van der Waals surface area (Å²) in [4.78, 5) is 23.2. The van der Waals surface area contributed by atoms with E-state index in [1.54, 1.807) is 17.5 Å². The molecule has 3 rings (SSSR count). The number of aldehydes is 1. The van der Waals surface area contributed by atoms with Crippen LogP contribution >= 0.6 is 11.3 Å². The van der Waals surface area contributed by atoms with Gasteiger partial charge in [0.1, 0.15) is 11.4 Å². The third-order valence-corrected chi connectivity index (χ3v) is 3.27. The SMILES string of the molecule is Cc1[nH]c(-c2csc3nccn23)nc1C=O. The van der Waals surface area contributed by atoms with E-state index in [0.717, 1.165) is 22.6 Å². The number of aromatic amines is 1. The number of carbonyl (C=O) groups is 1. The first-order chi connectivity index (χ1) is 7.79. The Morgan fingerprint density at radius 2 is 2.44 bits per heavy atom. The molecule has 0 unspecified atom stereocenters. The molecule has 1 N–H and O–H groups in total. The minimum absolute atomic E-state index is 0.453. The van der Waals surface area contributed by atoms with Gasteiger partial charge in [0, 0.05) is 23.5 Å². The fourth-order valence-electron chi connectivity index (χ4n) is 1.61. The summed E-state index contributed by atoms with van der Waals surface area (Å²) < 4.78 is 1.94. The van der Waals surface area contributed by atoms with Gasteiger partial charge in [-0.05, 0) is 6.92 Å². The fourth-order valence-corrected chi connectivity index (χ4v) is 2.44. The molecule has 3 aromatic heterocycles. The highest BCUT2D eigenvalue weighted by Gasteiger charge is 2.12. The molecule has 3 aromatic rings. The van der Waals surface area contributed by atoms with Crippen molar-refractivity contribution in [2.24, 2.45) is 0 Å². The molecule has 6 heteroatoms. The number of aryl methyl sites for hydroxylation is 1. The summed E-state index contributed by atoms with van der Waals surface area (Å²) in [5.74, 6) is 0.698. The van der Waals surface area contributed by atoms with Crippen LogP contribution in [0.3, 0.4) is 0 Å². The van der Waals surface area contributed by atoms with E-state index < -0.39 is 0 Å². The number of fused-ring (bicyclic) bond motifs is 1. The summed E-state index contributed by atoms with van der Waals surface area (Å²) in [6.45, 7) is 1.83. The molecule has 80 valence electrons. The highest BCUT2D eigenvalue weighted by Crippen LogP contribution is 2.23. The Bertz CT molecular complexity index is 663. The van der Waals surface area contributed by atoms with E-state index in [0.29, 0.717) is 11.5 Å². The molecule has 0 fully saturated rings. The van der Waals surface area contributed by atoms with Crippen molar-refractivity contribution >= 4 is 22.6 Å². The second-order valence-electron chi connectivity index (χ2n) is 3.41. The van der Waals surface area contributed by atoms with Crippen molar-refractivity contribution in [3.63, 3.8) is 0 Å². The quantitative estimate of drug-likeness (QED) is 0.686. The fraction of sp³-hybridized carbons (Fsp3) is 0.100. The normalized spacial score (nSPS) is 11.1. The third kappa shape index (κ3) is 1.20. The predicted molar refractivity (Wildman–Crippen MR) is 60.8 cm³/mol. The van der Waals surface area contributed by atoms with Crippen LogP contribution in [0.25, 0.3) is 16.5 Å². The largest absolute Gasteiger partial charge is 0.340 e. The van der Waals surface area contributed by atoms with Gasteiger partial charge in [0.25, 0.3) is 0 Å². The van der Waals surface area contributed by atoms with Crippen molar-refractivity contribution in [3.05, 3.63) is 29.2 Å². The number of nitrogens with one attached hydrogen (secondary N) is 1. The standard InChI is InChI=1S/C10H8N4OS/c1-6-7(4-15)13-9(12-6)8-5-16-10-11-2-3-14(8)10/h2-5H,1H3,(H,12,13). The molecule has 0 atom stereocenters. The number of imidazole rings is 2. The van der Waals surface area contributed by atoms with Gasteiger partial charge in [-0.25, -0.2) is 9.97 Å². The average molecular weight is 232 g/mol. The molecule has 0 saturated heterocycles. The van der Waals surface area contributed by atoms with Crippen molar-refractivity contribution in [2.45, 2.75) is 6.92 Å². The van der Waals surface area contributed by atoms with Gasteiger partial charge in [-0.1, -0.05) is 0 Å². The molecule has 0 bridgehead atoms. The van der Waals surface area contributed by atoms with Gasteiger partial charge in [0.05, 0.1) is 0 Å². The van der Waals surface area contributed by atoms with E-state index in [4.69, 9.17) is 0 Å². The van der Waals surface area contributed by atoms with Crippen LogP contribution in [0.2, 0.25) is 0 Å². The summed E-state index contributed by atoms with van der Waals surface area (Å²) in [6.07, 6.45) is 4.37. The monoisotopic (exact) mass is 232 g/mol. The van der Waals surface area contributed by atoms with E-state index >= 15 is 0 Å². The van der Waals surface area contributed by atoms with E-state index in [9.17, 15) is 4.79 Å². The van der Waals surface area contributed by atoms with Crippen LogP contribution < -0.4 is 0 Å². The van der Waals surface area contributed by atoms with Crippen molar-refractivity contribution in [3.8, 4) is 11.5 Å². The molecule has 0 aliphatic heterocycles. The van der Waals surface area contributed by atoms with Crippen LogP contribution in [0.1, 0.15) is 16.2 Å². The molecule has 0 spiro atoms. The van der Waals surface area contributed by atoms with E-state index in [1.807, 2.05) is 22.9 Å². The maximum Gasteiger partial charge on any atom is 0.194 e. The van der Waals surface area contributed by atoms with Crippen LogP contribution in [-0.2, 0) is 0 Å². The van der Waals surface area contributed by atoms with Crippen molar-refractivity contribution < 1.29 is 4.79 Å². The average Bonchev–Trinajstić information content (AvgIpc) is 2.90. The second kappa shape index (κ2) is 3.28. The molecular formula is C10H8N4OS. The summed E-state index contributed by atoms with van der Waals surface area (Å²) in [5.41, 5.74) is 2.16. The minimum Gasteiger partial charge on any atom is -0.340 e. The van der Waals surface area contributed by atoms with Crippen molar-refractivity contribution in [2.75, 3.05) is 0 Å². The predicted octanol–water partition coefficient (Wildman–Crippen LogP) is 1.91. The number of nitrogens with zero attached hydrogens (tertiary/aromatic N) is 3. The Kier molecular flexibility index (Phi) is 1.90. The summed E-state index contributed by atoms with van der Waals surface area (Å²) in [5, 5.41) is 1.97. The van der Waals surface area contributed by atoms with E-state index in [1.165, 1.54) is 0 Å². The number of hydrogen-bond donors (Lipinski definition) is 1. The Morgan fingerprint density at radius 1 is 1.56 bits per heavy atom. The lowest BCUT2D eigenvalue weighted by Crippen LogP contribution is -1.86. The first-order valence-corrected chi connectivity index (χ1v) is 5.60. The molecular weight excluding hydrogens is 224 g/mol. The highest BCUT2D eigenvalue weighted by molar-refractivity contribution is 7.15. The summed E-state index contributed by atoms with van der Waals surface area (Å²) in [7, 11) is 0. The van der Waals surface area contributed by atoms with Crippen LogP contribution in [-0.4, -0.2) is 25.6 Å². The second-order valence-corrected chi connectivity index (χ2v) is 4.25. The maximum absolute atomic E-state index is 10.7. The van der Waals surface area contributed by atoms with Gasteiger partial charge in [-0.15, -0.1) is 11.3 Å². The molecule has 0 aliphatic rings. The van der Waals surface area contributed by atoms with E-state index in [-0.39, 0.29) is 0 Å². The first kappa shape index (κ1) is 9.29. The lowest BCUT2D eigenvalue weighted by atomic mass is 10.4. The smallest absolute Gasteiger partial charge is 0.194 e. The van der Waals surface area contributed by atoms with Crippen LogP contribution in [0, 0.1) is 6.92 Å². The van der Waals surface area contributed by atoms with E-state index in [2.05, 4.69) is 15.0 Å². The number of rotatable bonds is 2. The van der Waals surface area contributed by atoms with Gasteiger partial charge in [0.15, 0.2) is 17.1 Å². The lowest BCUT2D eigenvalue weighted by Gasteiger charge is -1.92. The number of hydrogen-bond acceptors (Lipinski definition) is 4. The van der Waals surface area contributed by atoms with Crippen LogP contribution in [0.15, 0.2) is 17.8 Å². The van der Waals surface area contributed by atoms with Gasteiger partial charge in [0.2, 0.25) is 0 Å². The molecule has 0 aromatic carbocycles. The van der Waals surface area contributed by atoms with Gasteiger partial charge in [-0.3, -0.25) is 9.20 Å². The topological polar surface area (TPSA) is 63.1 Å². The van der Waals surface area contributed by atoms with Gasteiger partial charge < -0.3 is 4.98 Å². The molecule has 5 nitrogen and oxygen atoms in total. The van der Waals surface area contributed by atoms with Crippen LogP contribution in [0.4, 0.5) is 0 Å². The number of H-pyrrole nitrogens is 1. The molecule has 0 aliphatic carbocycles. The molecule has 0 saturated carbocycles. The first-order valence-electron chi connectivity index (χ1n) is 4.72.